The molecule has 0 radical (unpaired) electrons. The van der Waals surface area contributed by atoms with Crippen molar-refractivity contribution in [3.8, 4) is 5.75 Å². The van der Waals surface area contributed by atoms with Crippen molar-refractivity contribution in [3.05, 3.63) is 36.4 Å². The van der Waals surface area contributed by atoms with Gasteiger partial charge in [-0.3, -0.25) is 4.79 Å². The summed E-state index contributed by atoms with van der Waals surface area (Å²) in [7, 11) is 0. The Bertz CT molecular complexity index is 715. The van der Waals surface area contributed by atoms with Gasteiger partial charge in [-0.2, -0.15) is 0 Å². The van der Waals surface area contributed by atoms with Crippen LogP contribution < -0.4 is 20.3 Å². The van der Waals surface area contributed by atoms with Crippen LogP contribution in [0.1, 0.15) is 17.4 Å². The van der Waals surface area contributed by atoms with Crippen LogP contribution in [0.15, 0.2) is 30.7 Å². The number of carbonyl (C=O) groups is 1. The number of carbonyl (C=O) groups excluding carboxylic acids is 1. The van der Waals surface area contributed by atoms with E-state index >= 15 is 0 Å². The van der Waals surface area contributed by atoms with Crippen molar-refractivity contribution < 1.29 is 9.53 Å². The molecule has 2 N–H and O–H groups in total. The van der Waals surface area contributed by atoms with Crippen LogP contribution in [0.25, 0.3) is 0 Å². The lowest BCUT2D eigenvalue weighted by molar-refractivity contribution is 0.0995. The van der Waals surface area contributed by atoms with Crippen molar-refractivity contribution in [2.45, 2.75) is 6.92 Å². The van der Waals surface area contributed by atoms with Crippen LogP contribution in [0.4, 0.5) is 11.6 Å². The van der Waals surface area contributed by atoms with Crippen molar-refractivity contribution in [2.24, 2.45) is 5.73 Å². The third-order valence-corrected chi connectivity index (χ3v) is 3.86. The molecule has 126 valence electrons. The molecule has 3 heterocycles. The highest BCUT2D eigenvalue weighted by Gasteiger charge is 2.22. The number of piperazine rings is 1. The van der Waals surface area contributed by atoms with Gasteiger partial charge in [0.05, 0.1) is 6.61 Å². The minimum Gasteiger partial charge on any atom is -0.490 e. The third kappa shape index (κ3) is 3.37. The normalized spacial score (nSPS) is 14.5. The van der Waals surface area contributed by atoms with Gasteiger partial charge >= 0.3 is 0 Å². The Morgan fingerprint density at radius 2 is 1.96 bits per heavy atom. The van der Waals surface area contributed by atoms with E-state index in [1.165, 1.54) is 6.33 Å². The molecule has 8 nitrogen and oxygen atoms in total. The highest BCUT2D eigenvalue weighted by molar-refractivity contribution is 5.91. The Labute approximate surface area is 140 Å². The van der Waals surface area contributed by atoms with Crippen LogP contribution in [0, 0.1) is 0 Å². The number of hydrogen-bond acceptors (Lipinski definition) is 7. The molecule has 2 aromatic heterocycles. The molecule has 1 saturated heterocycles. The Hall–Kier alpha value is -2.90. The van der Waals surface area contributed by atoms with Gasteiger partial charge < -0.3 is 20.3 Å². The minimum absolute atomic E-state index is 0.228. The number of primary amides is 1. The van der Waals surface area contributed by atoms with Gasteiger partial charge in [-0.1, -0.05) is 0 Å². The van der Waals surface area contributed by atoms with E-state index in [2.05, 4.69) is 24.8 Å². The van der Waals surface area contributed by atoms with Crippen molar-refractivity contribution in [1.29, 1.82) is 0 Å². The van der Waals surface area contributed by atoms with E-state index in [0.717, 1.165) is 37.7 Å². The van der Waals surface area contributed by atoms with Crippen LogP contribution in [0.2, 0.25) is 0 Å². The average molecular weight is 328 g/mol. The largest absolute Gasteiger partial charge is 0.490 e. The maximum atomic E-state index is 11.3. The lowest BCUT2D eigenvalue weighted by Crippen LogP contribution is -2.47. The zero-order valence-corrected chi connectivity index (χ0v) is 13.6. The van der Waals surface area contributed by atoms with E-state index in [-0.39, 0.29) is 5.69 Å². The zero-order chi connectivity index (χ0) is 16.9. The smallest absolute Gasteiger partial charge is 0.267 e. The van der Waals surface area contributed by atoms with Crippen LogP contribution in [0.5, 0.6) is 5.75 Å². The molecule has 0 aromatic carbocycles. The number of amides is 1. The molecule has 0 unspecified atom stereocenters. The lowest BCUT2D eigenvalue weighted by Gasteiger charge is -2.36. The summed E-state index contributed by atoms with van der Waals surface area (Å²) in [5, 5.41) is 0. The first-order chi connectivity index (χ1) is 11.7. The van der Waals surface area contributed by atoms with E-state index in [4.69, 9.17) is 10.5 Å². The van der Waals surface area contributed by atoms with Crippen LogP contribution >= 0.6 is 0 Å². The molecule has 0 aliphatic carbocycles. The van der Waals surface area contributed by atoms with E-state index in [1.54, 1.807) is 12.3 Å². The number of rotatable bonds is 5. The highest BCUT2D eigenvalue weighted by atomic mass is 16.5. The number of anilines is 2. The first kappa shape index (κ1) is 16.0. The van der Waals surface area contributed by atoms with E-state index < -0.39 is 5.91 Å². The molecule has 2 aromatic rings. The molecule has 3 rings (SSSR count). The van der Waals surface area contributed by atoms with Gasteiger partial charge in [-0.15, -0.1) is 0 Å². The van der Waals surface area contributed by atoms with Crippen molar-refractivity contribution in [2.75, 3.05) is 42.6 Å². The van der Waals surface area contributed by atoms with Crippen molar-refractivity contribution >= 4 is 17.5 Å². The van der Waals surface area contributed by atoms with Gasteiger partial charge in [0, 0.05) is 38.4 Å². The molecule has 0 atom stereocenters. The number of aromatic nitrogens is 3. The molecular formula is C16H20N6O2. The Balaban J connectivity index is 1.70. The number of hydrogen-bond donors (Lipinski definition) is 1. The topological polar surface area (TPSA) is 97.5 Å². The molecule has 0 saturated carbocycles. The fraction of sp³-hybridized carbons (Fsp3) is 0.375. The molecular weight excluding hydrogens is 308 g/mol. The summed E-state index contributed by atoms with van der Waals surface area (Å²) in [5.74, 6) is 1.82. The molecule has 24 heavy (non-hydrogen) atoms. The van der Waals surface area contributed by atoms with E-state index in [0.29, 0.717) is 12.4 Å². The summed E-state index contributed by atoms with van der Waals surface area (Å²) >= 11 is 0. The van der Waals surface area contributed by atoms with E-state index in [1.807, 2.05) is 19.1 Å². The van der Waals surface area contributed by atoms with Gasteiger partial charge in [0.25, 0.3) is 5.91 Å². The second-order valence-electron chi connectivity index (χ2n) is 5.36. The van der Waals surface area contributed by atoms with Crippen LogP contribution in [-0.2, 0) is 0 Å². The fourth-order valence-electron chi connectivity index (χ4n) is 2.69. The second kappa shape index (κ2) is 7.12. The maximum Gasteiger partial charge on any atom is 0.267 e. The molecule has 0 bridgehead atoms. The van der Waals surface area contributed by atoms with Crippen LogP contribution in [0.3, 0.4) is 0 Å². The molecule has 0 spiro atoms. The lowest BCUT2D eigenvalue weighted by atomic mass is 10.2. The SMILES string of the molecule is CCOc1cccnc1N1CCN(c2cc(C(N)=O)ncn2)CC1. The maximum absolute atomic E-state index is 11.3. The third-order valence-electron chi connectivity index (χ3n) is 3.86. The molecule has 1 aliphatic rings. The summed E-state index contributed by atoms with van der Waals surface area (Å²) in [6.07, 6.45) is 3.14. The van der Waals surface area contributed by atoms with Gasteiger partial charge in [0.2, 0.25) is 0 Å². The predicted octanol–water partition coefficient (Wildman–Crippen LogP) is 0.696. The molecule has 1 fully saturated rings. The Morgan fingerprint density at radius 3 is 2.67 bits per heavy atom. The Morgan fingerprint density at radius 1 is 1.21 bits per heavy atom. The number of nitrogens with zero attached hydrogens (tertiary/aromatic N) is 5. The monoisotopic (exact) mass is 328 g/mol. The standard InChI is InChI=1S/C16H20N6O2/c1-2-24-13-4-3-5-18-16(13)22-8-6-21(7-9-22)14-10-12(15(17)23)19-11-20-14/h3-5,10-11H,2,6-9H2,1H3,(H2,17,23). The van der Waals surface area contributed by atoms with Gasteiger partial charge in [-0.25, -0.2) is 15.0 Å². The van der Waals surface area contributed by atoms with E-state index in [9.17, 15) is 4.79 Å². The predicted molar refractivity (Wildman–Crippen MR) is 90.4 cm³/mol. The summed E-state index contributed by atoms with van der Waals surface area (Å²) < 4.78 is 5.65. The summed E-state index contributed by atoms with van der Waals surface area (Å²) in [6, 6.07) is 5.43. The molecule has 8 heteroatoms. The Kier molecular flexibility index (Phi) is 4.74. The van der Waals surface area contributed by atoms with Gasteiger partial charge in [0.1, 0.15) is 17.8 Å². The second-order valence-corrected chi connectivity index (χ2v) is 5.36. The van der Waals surface area contributed by atoms with Crippen LogP contribution in [-0.4, -0.2) is 53.6 Å². The van der Waals surface area contributed by atoms with Gasteiger partial charge in [0.15, 0.2) is 11.6 Å². The highest BCUT2D eigenvalue weighted by Crippen LogP contribution is 2.26. The fourth-order valence-corrected chi connectivity index (χ4v) is 2.69. The van der Waals surface area contributed by atoms with Gasteiger partial charge in [-0.05, 0) is 19.1 Å². The first-order valence-electron chi connectivity index (χ1n) is 7.88. The average Bonchev–Trinajstić information content (AvgIpc) is 2.63. The number of ether oxygens (including phenoxy) is 1. The summed E-state index contributed by atoms with van der Waals surface area (Å²) in [4.78, 5) is 28.1. The molecule has 1 amide bonds. The molecule has 1 aliphatic heterocycles. The number of nitrogens with two attached hydrogens (primary N) is 1. The quantitative estimate of drug-likeness (QED) is 0.862. The number of pyridine rings is 1. The first-order valence-corrected chi connectivity index (χ1v) is 7.88. The van der Waals surface area contributed by atoms with Crippen molar-refractivity contribution in [3.63, 3.8) is 0 Å². The zero-order valence-electron chi connectivity index (χ0n) is 13.6. The summed E-state index contributed by atoms with van der Waals surface area (Å²) in [6.45, 7) is 5.66. The summed E-state index contributed by atoms with van der Waals surface area (Å²) in [5.41, 5.74) is 5.50. The minimum atomic E-state index is -0.549. The van der Waals surface area contributed by atoms with Crippen molar-refractivity contribution in [1.82, 2.24) is 15.0 Å².